The quantitative estimate of drug-likeness (QED) is 0.660. The van der Waals surface area contributed by atoms with Crippen molar-refractivity contribution >= 4 is 10.9 Å². The smallest absolute Gasteiger partial charge is 0.171 e. The molecular weight excluding hydrogens is 336 g/mol. The number of hydrogen-bond acceptors (Lipinski definition) is 4. The van der Waals surface area contributed by atoms with Crippen molar-refractivity contribution in [1.82, 2.24) is 30.5 Å². The van der Waals surface area contributed by atoms with Crippen LogP contribution in [0.25, 0.3) is 10.9 Å². The van der Waals surface area contributed by atoms with Crippen LogP contribution in [0.4, 0.5) is 0 Å². The number of H-pyrrole nitrogens is 1. The molecule has 144 valence electrons. The molecule has 6 nitrogen and oxygen atoms in total. The Hall–Kier alpha value is -2.21. The maximum atomic E-state index is 4.43. The zero-order valence-electron chi connectivity index (χ0n) is 16.4. The largest absolute Gasteiger partial charge is 0.361 e. The van der Waals surface area contributed by atoms with E-state index in [4.69, 9.17) is 0 Å². The lowest BCUT2D eigenvalue weighted by Crippen LogP contribution is -2.43. The first-order valence-corrected chi connectivity index (χ1v) is 10.3. The van der Waals surface area contributed by atoms with E-state index >= 15 is 0 Å². The number of benzene rings is 1. The van der Waals surface area contributed by atoms with Crippen molar-refractivity contribution in [3.8, 4) is 0 Å². The van der Waals surface area contributed by atoms with Crippen molar-refractivity contribution in [2.45, 2.75) is 70.4 Å². The Morgan fingerprint density at radius 2 is 2.04 bits per heavy atom. The van der Waals surface area contributed by atoms with E-state index in [1.165, 1.54) is 48.6 Å². The topological polar surface area (TPSA) is 71.4 Å². The van der Waals surface area contributed by atoms with Crippen molar-refractivity contribution in [3.05, 3.63) is 41.9 Å². The zero-order valence-corrected chi connectivity index (χ0v) is 16.4. The van der Waals surface area contributed by atoms with Crippen molar-refractivity contribution in [3.63, 3.8) is 0 Å². The summed E-state index contributed by atoms with van der Waals surface area (Å²) >= 11 is 0. The van der Waals surface area contributed by atoms with Crippen LogP contribution in [0.3, 0.4) is 0 Å². The highest BCUT2D eigenvalue weighted by atomic mass is 15.6. The molecule has 1 fully saturated rings. The number of nitrogens with one attached hydrogen (secondary N) is 2. The minimum Gasteiger partial charge on any atom is -0.361 e. The van der Waals surface area contributed by atoms with E-state index in [1.54, 1.807) is 0 Å². The Bertz CT molecular complexity index is 876. The first-order valence-electron chi connectivity index (χ1n) is 10.3. The maximum Gasteiger partial charge on any atom is 0.171 e. The summed E-state index contributed by atoms with van der Waals surface area (Å²) in [5.74, 6) is 0.982. The molecule has 2 aromatic heterocycles. The molecule has 3 aromatic rings. The molecule has 0 spiro atoms. The number of tetrazole rings is 1. The number of para-hydroxylation sites is 1. The van der Waals surface area contributed by atoms with Gasteiger partial charge in [0, 0.05) is 23.6 Å². The van der Waals surface area contributed by atoms with E-state index in [1.807, 2.05) is 0 Å². The molecule has 1 unspecified atom stereocenters. The molecular formula is C21H30N6. The average Bonchev–Trinajstić information content (AvgIpc) is 3.36. The van der Waals surface area contributed by atoms with Gasteiger partial charge in [-0.3, -0.25) is 0 Å². The number of fused-ring (bicyclic) bond motifs is 1. The molecule has 1 aromatic carbocycles. The summed E-state index contributed by atoms with van der Waals surface area (Å²) < 4.78 is 2.10. The fourth-order valence-electron chi connectivity index (χ4n) is 4.30. The van der Waals surface area contributed by atoms with Crippen LogP contribution in [0, 0.1) is 0 Å². The minimum atomic E-state index is -0.215. The molecule has 1 aliphatic carbocycles. The van der Waals surface area contributed by atoms with Crippen LogP contribution in [0.15, 0.2) is 30.5 Å². The van der Waals surface area contributed by atoms with E-state index in [9.17, 15) is 0 Å². The molecule has 6 heteroatoms. The van der Waals surface area contributed by atoms with E-state index in [0.29, 0.717) is 6.04 Å². The minimum absolute atomic E-state index is 0.215. The van der Waals surface area contributed by atoms with Crippen LogP contribution >= 0.6 is 0 Å². The molecule has 2 heterocycles. The van der Waals surface area contributed by atoms with Crippen molar-refractivity contribution in [1.29, 1.82) is 0 Å². The summed E-state index contributed by atoms with van der Waals surface area (Å²) in [4.78, 5) is 3.37. The molecule has 0 saturated heterocycles. The third kappa shape index (κ3) is 3.63. The van der Waals surface area contributed by atoms with Crippen molar-refractivity contribution in [2.75, 3.05) is 6.54 Å². The van der Waals surface area contributed by atoms with Gasteiger partial charge in [0.1, 0.15) is 0 Å². The maximum absolute atomic E-state index is 4.43. The number of nitrogens with zero attached hydrogens (tertiary/aromatic N) is 4. The second-order valence-electron chi connectivity index (χ2n) is 7.96. The van der Waals surface area contributed by atoms with Gasteiger partial charge in [-0.2, -0.15) is 0 Å². The Morgan fingerprint density at radius 1 is 1.22 bits per heavy atom. The highest BCUT2D eigenvalue weighted by molar-refractivity contribution is 5.83. The van der Waals surface area contributed by atoms with Gasteiger partial charge in [-0.15, -0.1) is 5.10 Å². The monoisotopic (exact) mass is 366 g/mol. The van der Waals surface area contributed by atoms with Gasteiger partial charge in [0.05, 0.1) is 11.6 Å². The second-order valence-corrected chi connectivity index (χ2v) is 7.96. The van der Waals surface area contributed by atoms with Gasteiger partial charge in [-0.1, -0.05) is 44.4 Å². The van der Waals surface area contributed by atoms with E-state index in [0.717, 1.165) is 25.2 Å². The Balaban J connectivity index is 1.47. The van der Waals surface area contributed by atoms with Gasteiger partial charge in [0.25, 0.3) is 0 Å². The van der Waals surface area contributed by atoms with Crippen LogP contribution < -0.4 is 5.32 Å². The lowest BCUT2D eigenvalue weighted by Gasteiger charge is -2.31. The predicted molar refractivity (Wildman–Crippen MR) is 108 cm³/mol. The SMILES string of the molecule is CCC(C)(NCCc1c[nH]c2ccccc12)c1nnnn1C1CCCCC1. The molecule has 0 amide bonds. The number of hydrogen-bond donors (Lipinski definition) is 2. The summed E-state index contributed by atoms with van der Waals surface area (Å²) in [7, 11) is 0. The van der Waals surface area contributed by atoms with Crippen LogP contribution in [0.5, 0.6) is 0 Å². The van der Waals surface area contributed by atoms with Crippen LogP contribution in [-0.2, 0) is 12.0 Å². The van der Waals surface area contributed by atoms with E-state index in [2.05, 4.69) is 74.8 Å². The molecule has 1 saturated carbocycles. The second kappa shape index (κ2) is 7.80. The van der Waals surface area contributed by atoms with Crippen molar-refractivity contribution in [2.24, 2.45) is 0 Å². The molecule has 1 aliphatic rings. The fraction of sp³-hybridized carbons (Fsp3) is 0.571. The summed E-state index contributed by atoms with van der Waals surface area (Å²) in [6.45, 7) is 5.33. The molecule has 2 N–H and O–H groups in total. The number of rotatable bonds is 7. The highest BCUT2D eigenvalue weighted by Crippen LogP contribution is 2.31. The Morgan fingerprint density at radius 3 is 2.85 bits per heavy atom. The third-order valence-corrected chi connectivity index (χ3v) is 6.20. The Kier molecular flexibility index (Phi) is 5.25. The van der Waals surface area contributed by atoms with Crippen LogP contribution in [0.2, 0.25) is 0 Å². The predicted octanol–water partition coefficient (Wildman–Crippen LogP) is 4.12. The molecule has 1 atom stereocenters. The molecule has 0 aliphatic heterocycles. The van der Waals surface area contributed by atoms with Gasteiger partial charge in [-0.25, -0.2) is 4.68 Å². The molecule has 4 rings (SSSR count). The summed E-state index contributed by atoms with van der Waals surface area (Å²) in [6, 6.07) is 8.93. The first kappa shape index (κ1) is 18.2. The van der Waals surface area contributed by atoms with Crippen LogP contribution in [-0.4, -0.2) is 31.7 Å². The third-order valence-electron chi connectivity index (χ3n) is 6.20. The van der Waals surface area contributed by atoms with Gasteiger partial charge >= 0.3 is 0 Å². The van der Waals surface area contributed by atoms with Gasteiger partial charge in [-0.05, 0) is 54.7 Å². The molecule has 0 radical (unpaired) electrons. The lowest BCUT2D eigenvalue weighted by molar-refractivity contribution is 0.267. The number of aromatic nitrogens is 5. The highest BCUT2D eigenvalue weighted by Gasteiger charge is 2.33. The summed E-state index contributed by atoms with van der Waals surface area (Å²) in [6.07, 6.45) is 10.3. The molecule has 27 heavy (non-hydrogen) atoms. The zero-order chi connectivity index (χ0) is 18.7. The van der Waals surface area contributed by atoms with Gasteiger partial charge in [0.15, 0.2) is 5.82 Å². The van der Waals surface area contributed by atoms with E-state index in [-0.39, 0.29) is 5.54 Å². The van der Waals surface area contributed by atoms with Crippen molar-refractivity contribution < 1.29 is 0 Å². The summed E-state index contributed by atoms with van der Waals surface area (Å²) in [5.41, 5.74) is 2.34. The normalized spacial score (nSPS) is 18.0. The molecule has 0 bridgehead atoms. The fourth-order valence-corrected chi connectivity index (χ4v) is 4.30. The van der Waals surface area contributed by atoms with Gasteiger partial charge in [0.2, 0.25) is 0 Å². The van der Waals surface area contributed by atoms with Crippen LogP contribution in [0.1, 0.15) is 69.8 Å². The first-order chi connectivity index (χ1) is 13.2. The average molecular weight is 367 g/mol. The Labute approximate surface area is 160 Å². The summed E-state index contributed by atoms with van der Waals surface area (Å²) in [5, 5.41) is 17.9. The van der Waals surface area contributed by atoms with E-state index < -0.39 is 0 Å². The van der Waals surface area contributed by atoms with Gasteiger partial charge < -0.3 is 10.3 Å². The lowest BCUT2D eigenvalue weighted by atomic mass is 9.93. The number of aromatic amines is 1. The standard InChI is InChI=1S/C21H30N6/c1-3-21(2,20-24-25-26-27(20)17-9-5-4-6-10-17)23-14-13-16-15-22-19-12-8-7-11-18(16)19/h7-8,11-12,15,17,22-23H,3-6,9-10,13-14H2,1-2H3.